The van der Waals surface area contributed by atoms with Crippen molar-refractivity contribution in [3.63, 3.8) is 0 Å². The summed E-state index contributed by atoms with van der Waals surface area (Å²) in [4.78, 5) is 58.1. The minimum Gasteiger partial charge on any atom is -0.481 e. The van der Waals surface area contributed by atoms with E-state index in [1.165, 1.54) is 0 Å². The van der Waals surface area contributed by atoms with Crippen LogP contribution in [0.1, 0.15) is 71.1 Å². The second-order valence-electron chi connectivity index (χ2n) is 7.78. The van der Waals surface area contributed by atoms with Crippen molar-refractivity contribution in [2.24, 2.45) is 16.7 Å². The predicted octanol–water partition coefficient (Wildman–Crippen LogP) is 2.42. The Morgan fingerprint density at radius 2 is 1.14 bits per heavy atom. The van der Waals surface area contributed by atoms with Crippen LogP contribution in [0.3, 0.4) is 0 Å². The van der Waals surface area contributed by atoms with E-state index in [4.69, 9.17) is 20.4 Å². The maximum Gasteiger partial charge on any atom is 0.303 e. The summed E-state index contributed by atoms with van der Waals surface area (Å²) >= 11 is 0. The van der Waals surface area contributed by atoms with E-state index in [2.05, 4.69) is 0 Å². The molecule has 28 heavy (non-hydrogen) atoms. The third-order valence-corrected chi connectivity index (χ3v) is 6.14. The fraction of sp³-hybridized carbons (Fsp3) is 0.737. The van der Waals surface area contributed by atoms with E-state index in [-0.39, 0.29) is 63.1 Å². The molecule has 0 aliphatic heterocycles. The van der Waals surface area contributed by atoms with Crippen molar-refractivity contribution in [1.82, 2.24) is 0 Å². The Kier molecular flexibility index (Phi) is 8.14. The van der Waals surface area contributed by atoms with E-state index < -0.39 is 34.7 Å². The quantitative estimate of drug-likeness (QED) is 0.384. The molecule has 1 fully saturated rings. The Bertz CT molecular complexity index is 601. The van der Waals surface area contributed by atoms with Crippen LogP contribution in [0.2, 0.25) is 0 Å². The predicted molar refractivity (Wildman–Crippen MR) is 95.8 cm³/mol. The molecule has 1 saturated carbocycles. The molecule has 1 atom stereocenters. The van der Waals surface area contributed by atoms with E-state index in [1.807, 2.05) is 0 Å². The number of carboxylic acids is 4. The highest BCUT2D eigenvalue weighted by Gasteiger charge is 2.55. The van der Waals surface area contributed by atoms with Crippen LogP contribution in [0.5, 0.6) is 0 Å². The number of carbonyl (C=O) groups is 5. The highest BCUT2D eigenvalue weighted by molar-refractivity contribution is 5.93. The average molecular weight is 400 g/mol. The van der Waals surface area contributed by atoms with Gasteiger partial charge in [0.2, 0.25) is 0 Å². The van der Waals surface area contributed by atoms with Crippen molar-refractivity contribution < 1.29 is 44.4 Å². The Morgan fingerprint density at radius 1 is 0.786 bits per heavy atom. The van der Waals surface area contributed by atoms with Gasteiger partial charge in [0.25, 0.3) is 0 Å². The topological polar surface area (TPSA) is 166 Å². The van der Waals surface area contributed by atoms with Gasteiger partial charge in [0.05, 0.1) is 0 Å². The van der Waals surface area contributed by atoms with Crippen molar-refractivity contribution in [2.75, 3.05) is 0 Å². The first-order valence-corrected chi connectivity index (χ1v) is 9.37. The highest BCUT2D eigenvalue weighted by Crippen LogP contribution is 2.55. The Hall–Kier alpha value is -2.45. The standard InChI is InChI=1S/C19H28O9/c1-12-2-7-18(8-3-13(20)21,9-4-14(22)23)17(28)19(12,10-5-15(24)25)11-6-16(26)27/h12H,2-11H2,1H3,(H,20,21)(H,22,23)(H,24,25)(H,26,27). The van der Waals surface area contributed by atoms with E-state index in [9.17, 15) is 24.0 Å². The number of aliphatic carboxylic acids is 4. The third-order valence-electron chi connectivity index (χ3n) is 6.14. The van der Waals surface area contributed by atoms with Gasteiger partial charge in [0, 0.05) is 36.5 Å². The van der Waals surface area contributed by atoms with Crippen molar-refractivity contribution in [3.05, 3.63) is 0 Å². The van der Waals surface area contributed by atoms with Gasteiger partial charge in [0.15, 0.2) is 0 Å². The lowest BCUT2D eigenvalue weighted by Crippen LogP contribution is -2.52. The molecule has 4 N–H and O–H groups in total. The van der Waals surface area contributed by atoms with Gasteiger partial charge < -0.3 is 20.4 Å². The zero-order valence-electron chi connectivity index (χ0n) is 16.0. The van der Waals surface area contributed by atoms with Gasteiger partial charge in [-0.3, -0.25) is 24.0 Å². The summed E-state index contributed by atoms with van der Waals surface area (Å²) in [6, 6.07) is 0. The van der Waals surface area contributed by atoms with E-state index >= 15 is 0 Å². The molecule has 9 nitrogen and oxygen atoms in total. The molecular weight excluding hydrogens is 372 g/mol. The van der Waals surface area contributed by atoms with Crippen molar-refractivity contribution in [2.45, 2.75) is 71.1 Å². The maximum absolute atomic E-state index is 13.7. The van der Waals surface area contributed by atoms with Crippen LogP contribution >= 0.6 is 0 Å². The molecular formula is C19H28O9. The molecule has 0 bridgehead atoms. The SMILES string of the molecule is CC1CCC(CCC(=O)O)(CCC(=O)O)C(=O)C1(CCC(=O)O)CCC(=O)O. The number of hydrogen-bond acceptors (Lipinski definition) is 5. The molecule has 1 unspecified atom stereocenters. The zero-order valence-corrected chi connectivity index (χ0v) is 16.0. The van der Waals surface area contributed by atoms with Crippen LogP contribution < -0.4 is 0 Å². The second kappa shape index (κ2) is 9.66. The molecule has 0 radical (unpaired) electrons. The van der Waals surface area contributed by atoms with E-state index in [1.54, 1.807) is 6.92 Å². The van der Waals surface area contributed by atoms with Crippen LogP contribution in [0.4, 0.5) is 0 Å². The minimum atomic E-state index is -1.22. The van der Waals surface area contributed by atoms with Crippen molar-refractivity contribution >= 4 is 29.7 Å². The number of rotatable bonds is 12. The maximum atomic E-state index is 13.7. The molecule has 0 spiro atoms. The monoisotopic (exact) mass is 400 g/mol. The van der Waals surface area contributed by atoms with Crippen LogP contribution in [-0.4, -0.2) is 50.1 Å². The van der Waals surface area contributed by atoms with Crippen molar-refractivity contribution in [1.29, 1.82) is 0 Å². The summed E-state index contributed by atoms with van der Waals surface area (Å²) in [6.07, 6.45) is -0.630. The first-order chi connectivity index (χ1) is 12.9. The Labute approximate surface area is 162 Å². The lowest BCUT2D eigenvalue weighted by atomic mass is 9.51. The molecule has 0 saturated heterocycles. The number of carbonyl (C=O) groups excluding carboxylic acids is 1. The van der Waals surface area contributed by atoms with Crippen LogP contribution in [0, 0.1) is 16.7 Å². The zero-order chi connectivity index (χ0) is 21.5. The molecule has 0 aromatic heterocycles. The van der Waals surface area contributed by atoms with Crippen LogP contribution in [0.15, 0.2) is 0 Å². The number of carboxylic acid groups (broad SMARTS) is 4. The average Bonchev–Trinajstić information content (AvgIpc) is 2.59. The lowest BCUT2D eigenvalue weighted by molar-refractivity contribution is -0.155. The first kappa shape index (κ1) is 23.6. The lowest BCUT2D eigenvalue weighted by Gasteiger charge is -2.50. The molecule has 0 amide bonds. The summed E-state index contributed by atoms with van der Waals surface area (Å²) in [5.74, 6) is -5.08. The number of hydrogen-bond donors (Lipinski definition) is 4. The van der Waals surface area contributed by atoms with Crippen molar-refractivity contribution in [3.8, 4) is 0 Å². The summed E-state index contributed by atoms with van der Waals surface area (Å²) < 4.78 is 0. The Balaban J connectivity index is 3.33. The normalized spacial score (nSPS) is 20.5. The highest BCUT2D eigenvalue weighted by atomic mass is 16.4. The fourth-order valence-corrected chi connectivity index (χ4v) is 4.43. The van der Waals surface area contributed by atoms with Crippen LogP contribution in [-0.2, 0) is 24.0 Å². The second-order valence-corrected chi connectivity index (χ2v) is 7.78. The third kappa shape index (κ3) is 5.77. The summed E-state index contributed by atoms with van der Waals surface area (Å²) in [6.45, 7) is 1.78. The van der Waals surface area contributed by atoms with Gasteiger partial charge in [-0.2, -0.15) is 0 Å². The van der Waals surface area contributed by atoms with Gasteiger partial charge in [-0.15, -0.1) is 0 Å². The molecule has 1 rings (SSSR count). The van der Waals surface area contributed by atoms with E-state index in [0.29, 0.717) is 12.8 Å². The van der Waals surface area contributed by atoms with E-state index in [0.717, 1.165) is 0 Å². The molecule has 0 aromatic rings. The molecule has 9 heteroatoms. The van der Waals surface area contributed by atoms with Gasteiger partial charge >= 0.3 is 23.9 Å². The van der Waals surface area contributed by atoms with Gasteiger partial charge in [-0.25, -0.2) is 0 Å². The minimum absolute atomic E-state index is 0.0386. The molecule has 0 aromatic carbocycles. The Morgan fingerprint density at radius 3 is 1.50 bits per heavy atom. The largest absolute Gasteiger partial charge is 0.481 e. The first-order valence-electron chi connectivity index (χ1n) is 9.37. The number of Topliss-reactive ketones (excluding diaryl/α,β-unsaturated/α-hetero) is 1. The molecule has 1 aliphatic rings. The van der Waals surface area contributed by atoms with Crippen LogP contribution in [0.25, 0.3) is 0 Å². The summed E-state index contributed by atoms with van der Waals surface area (Å²) in [5, 5.41) is 36.4. The smallest absolute Gasteiger partial charge is 0.303 e. The molecule has 0 heterocycles. The summed E-state index contributed by atoms with van der Waals surface area (Å²) in [7, 11) is 0. The summed E-state index contributed by atoms with van der Waals surface area (Å²) in [5.41, 5.74) is -2.41. The fourth-order valence-electron chi connectivity index (χ4n) is 4.43. The van der Waals surface area contributed by atoms with Gasteiger partial charge in [0.1, 0.15) is 5.78 Å². The number of ketones is 1. The van der Waals surface area contributed by atoms with Gasteiger partial charge in [-0.1, -0.05) is 6.92 Å². The molecule has 1 aliphatic carbocycles. The van der Waals surface area contributed by atoms with Gasteiger partial charge in [-0.05, 0) is 44.4 Å². The molecule has 158 valence electrons.